The van der Waals surface area contributed by atoms with Gasteiger partial charge in [0.15, 0.2) is 5.76 Å². The van der Waals surface area contributed by atoms with E-state index >= 15 is 0 Å². The molecule has 4 heteroatoms. The summed E-state index contributed by atoms with van der Waals surface area (Å²) >= 11 is 0. The van der Waals surface area contributed by atoms with Crippen molar-refractivity contribution in [2.24, 2.45) is 0 Å². The molecule has 0 aliphatic heterocycles. The van der Waals surface area contributed by atoms with E-state index in [1.54, 1.807) is 38.1 Å². The van der Waals surface area contributed by atoms with Crippen LogP contribution in [0.3, 0.4) is 0 Å². The van der Waals surface area contributed by atoms with Crippen molar-refractivity contribution in [2.75, 3.05) is 5.32 Å². The van der Waals surface area contributed by atoms with Crippen LogP contribution in [0.4, 0.5) is 5.69 Å². The summed E-state index contributed by atoms with van der Waals surface area (Å²) in [7, 11) is 0. The fraction of sp³-hybridized carbons (Fsp3) is 0.154. The number of hydrogen-bond donors (Lipinski definition) is 2. The predicted molar refractivity (Wildman–Crippen MR) is 64.2 cm³/mol. The number of benzene rings is 1. The SMILES string of the molecule is Cc1cc(NC(=O)c2ccco2)cc(C)c1O. The van der Waals surface area contributed by atoms with Gasteiger partial charge in [0, 0.05) is 5.69 Å². The summed E-state index contributed by atoms with van der Waals surface area (Å²) in [4.78, 5) is 11.7. The molecule has 2 rings (SSSR count). The number of phenols is 1. The van der Waals surface area contributed by atoms with Gasteiger partial charge in [-0.25, -0.2) is 0 Å². The highest BCUT2D eigenvalue weighted by molar-refractivity contribution is 6.02. The Morgan fingerprint density at radius 2 is 1.94 bits per heavy atom. The van der Waals surface area contributed by atoms with Gasteiger partial charge in [0.2, 0.25) is 0 Å². The first-order chi connectivity index (χ1) is 8.08. The molecule has 0 aliphatic carbocycles. The summed E-state index contributed by atoms with van der Waals surface area (Å²) in [6, 6.07) is 6.67. The third kappa shape index (κ3) is 2.30. The highest BCUT2D eigenvalue weighted by Crippen LogP contribution is 2.25. The highest BCUT2D eigenvalue weighted by Gasteiger charge is 2.10. The fourth-order valence-corrected chi connectivity index (χ4v) is 1.63. The second kappa shape index (κ2) is 4.33. The van der Waals surface area contributed by atoms with E-state index in [0.717, 1.165) is 11.1 Å². The minimum Gasteiger partial charge on any atom is -0.507 e. The second-order valence-corrected chi connectivity index (χ2v) is 3.89. The summed E-state index contributed by atoms with van der Waals surface area (Å²) in [5, 5.41) is 12.3. The Kier molecular flexibility index (Phi) is 2.87. The number of amides is 1. The van der Waals surface area contributed by atoms with Gasteiger partial charge in [0.05, 0.1) is 6.26 Å². The Morgan fingerprint density at radius 3 is 2.47 bits per heavy atom. The van der Waals surface area contributed by atoms with Crippen molar-refractivity contribution in [3.63, 3.8) is 0 Å². The molecule has 2 aromatic rings. The maximum Gasteiger partial charge on any atom is 0.291 e. The Balaban J connectivity index is 2.22. The minimum atomic E-state index is -0.306. The molecule has 0 unspecified atom stereocenters. The van der Waals surface area contributed by atoms with E-state index < -0.39 is 0 Å². The van der Waals surface area contributed by atoms with Gasteiger partial charge in [-0.05, 0) is 49.2 Å². The molecular formula is C13H13NO3. The number of hydrogen-bond acceptors (Lipinski definition) is 3. The first-order valence-corrected chi connectivity index (χ1v) is 5.23. The summed E-state index contributed by atoms with van der Waals surface area (Å²) in [6.45, 7) is 3.57. The molecule has 1 aromatic carbocycles. The van der Waals surface area contributed by atoms with Crippen molar-refractivity contribution in [3.05, 3.63) is 47.4 Å². The first kappa shape index (κ1) is 11.3. The van der Waals surface area contributed by atoms with Gasteiger partial charge in [-0.15, -0.1) is 0 Å². The number of anilines is 1. The van der Waals surface area contributed by atoms with Crippen LogP contribution in [0.5, 0.6) is 5.75 Å². The van der Waals surface area contributed by atoms with Gasteiger partial charge in [-0.1, -0.05) is 0 Å². The van der Waals surface area contributed by atoms with Crippen molar-refractivity contribution >= 4 is 11.6 Å². The number of aromatic hydroxyl groups is 1. The van der Waals surface area contributed by atoms with Crippen LogP contribution in [0.1, 0.15) is 21.7 Å². The van der Waals surface area contributed by atoms with E-state index in [1.807, 2.05) is 0 Å². The van der Waals surface area contributed by atoms with E-state index in [1.165, 1.54) is 6.26 Å². The van der Waals surface area contributed by atoms with Crippen LogP contribution in [0.25, 0.3) is 0 Å². The van der Waals surface area contributed by atoms with E-state index in [-0.39, 0.29) is 17.4 Å². The molecule has 0 bridgehead atoms. The topological polar surface area (TPSA) is 62.5 Å². The molecule has 0 fully saturated rings. The van der Waals surface area contributed by atoms with Crippen molar-refractivity contribution in [2.45, 2.75) is 13.8 Å². The van der Waals surface area contributed by atoms with Crippen LogP contribution in [0.2, 0.25) is 0 Å². The lowest BCUT2D eigenvalue weighted by Crippen LogP contribution is -2.11. The molecular weight excluding hydrogens is 218 g/mol. The van der Waals surface area contributed by atoms with E-state index in [0.29, 0.717) is 5.69 Å². The van der Waals surface area contributed by atoms with E-state index in [9.17, 15) is 9.90 Å². The predicted octanol–water partition coefficient (Wildman–Crippen LogP) is 2.85. The Labute approximate surface area is 98.9 Å². The maximum atomic E-state index is 11.7. The van der Waals surface area contributed by atoms with Crippen LogP contribution >= 0.6 is 0 Å². The Bertz CT molecular complexity index is 521. The smallest absolute Gasteiger partial charge is 0.291 e. The number of carbonyl (C=O) groups is 1. The molecule has 4 nitrogen and oxygen atoms in total. The number of carbonyl (C=O) groups excluding carboxylic acids is 1. The molecule has 0 atom stereocenters. The summed E-state index contributed by atoms with van der Waals surface area (Å²) in [5.74, 6) is 0.203. The first-order valence-electron chi connectivity index (χ1n) is 5.23. The molecule has 88 valence electrons. The lowest BCUT2D eigenvalue weighted by Gasteiger charge is -2.08. The maximum absolute atomic E-state index is 11.7. The normalized spacial score (nSPS) is 10.2. The molecule has 0 spiro atoms. The van der Waals surface area contributed by atoms with Crippen molar-refractivity contribution in [3.8, 4) is 5.75 Å². The molecule has 0 radical (unpaired) electrons. The number of furan rings is 1. The zero-order valence-corrected chi connectivity index (χ0v) is 9.65. The number of nitrogens with one attached hydrogen (secondary N) is 1. The standard InChI is InChI=1S/C13H13NO3/c1-8-6-10(7-9(2)12(8)15)14-13(16)11-4-3-5-17-11/h3-7,15H,1-2H3,(H,14,16). The average molecular weight is 231 g/mol. The molecule has 1 amide bonds. The van der Waals surface area contributed by atoms with Gasteiger partial charge in [0.25, 0.3) is 5.91 Å². The quantitative estimate of drug-likeness (QED) is 0.781. The van der Waals surface area contributed by atoms with Crippen LogP contribution < -0.4 is 5.32 Å². The van der Waals surface area contributed by atoms with Gasteiger partial charge in [0.1, 0.15) is 5.75 Å². The lowest BCUT2D eigenvalue weighted by molar-refractivity contribution is 0.0996. The van der Waals surface area contributed by atoms with Crippen molar-refractivity contribution in [1.29, 1.82) is 0 Å². The molecule has 1 heterocycles. The van der Waals surface area contributed by atoms with Gasteiger partial charge in [-0.3, -0.25) is 4.79 Å². The van der Waals surface area contributed by atoms with Crippen molar-refractivity contribution < 1.29 is 14.3 Å². The van der Waals surface area contributed by atoms with Gasteiger partial charge >= 0.3 is 0 Å². The Morgan fingerprint density at radius 1 is 1.29 bits per heavy atom. The number of phenolic OH excluding ortho intramolecular Hbond substituents is 1. The molecule has 0 saturated heterocycles. The monoisotopic (exact) mass is 231 g/mol. The van der Waals surface area contributed by atoms with Crippen LogP contribution in [-0.4, -0.2) is 11.0 Å². The molecule has 0 aliphatic rings. The third-order valence-corrected chi connectivity index (χ3v) is 2.49. The summed E-state index contributed by atoms with van der Waals surface area (Å²) in [5.41, 5.74) is 2.08. The zero-order valence-electron chi connectivity index (χ0n) is 9.65. The molecule has 1 aromatic heterocycles. The number of rotatable bonds is 2. The fourth-order valence-electron chi connectivity index (χ4n) is 1.63. The Hall–Kier alpha value is -2.23. The summed E-state index contributed by atoms with van der Waals surface area (Å²) in [6.07, 6.45) is 1.45. The zero-order chi connectivity index (χ0) is 12.4. The molecule has 17 heavy (non-hydrogen) atoms. The highest BCUT2D eigenvalue weighted by atomic mass is 16.3. The van der Waals surface area contributed by atoms with Crippen LogP contribution in [-0.2, 0) is 0 Å². The van der Waals surface area contributed by atoms with Crippen LogP contribution in [0.15, 0.2) is 34.9 Å². The van der Waals surface area contributed by atoms with Gasteiger partial charge < -0.3 is 14.8 Å². The third-order valence-electron chi connectivity index (χ3n) is 2.49. The minimum absolute atomic E-state index is 0.251. The molecule has 2 N–H and O–H groups in total. The largest absolute Gasteiger partial charge is 0.507 e. The molecule has 0 saturated carbocycles. The summed E-state index contributed by atoms with van der Waals surface area (Å²) < 4.78 is 4.99. The van der Waals surface area contributed by atoms with E-state index in [4.69, 9.17) is 4.42 Å². The van der Waals surface area contributed by atoms with Crippen molar-refractivity contribution in [1.82, 2.24) is 0 Å². The van der Waals surface area contributed by atoms with Gasteiger partial charge in [-0.2, -0.15) is 0 Å². The second-order valence-electron chi connectivity index (χ2n) is 3.89. The average Bonchev–Trinajstić information content (AvgIpc) is 2.79. The van der Waals surface area contributed by atoms with Crippen LogP contribution in [0, 0.1) is 13.8 Å². The number of aryl methyl sites for hydroxylation is 2. The lowest BCUT2D eigenvalue weighted by atomic mass is 10.1. The van der Waals surface area contributed by atoms with E-state index in [2.05, 4.69) is 5.32 Å².